The lowest BCUT2D eigenvalue weighted by Crippen LogP contribution is -1.88. The zero-order valence-electron chi connectivity index (χ0n) is 14.0. The number of hydrogen-bond acceptors (Lipinski definition) is 0. The molecule has 0 heterocycles. The van der Waals surface area contributed by atoms with E-state index in [1.807, 2.05) is 30.3 Å². The zero-order chi connectivity index (χ0) is 16.1. The van der Waals surface area contributed by atoms with Gasteiger partial charge < -0.3 is 0 Å². The monoisotopic (exact) mass is 305 g/mol. The molecule has 3 aromatic carbocycles. The van der Waals surface area contributed by atoms with E-state index in [1.54, 1.807) is 0 Å². The van der Waals surface area contributed by atoms with Gasteiger partial charge in [0.1, 0.15) is 0 Å². The number of hydrogen-bond donors (Lipinski definition) is 0. The summed E-state index contributed by atoms with van der Waals surface area (Å²) in [6, 6.07) is 16.4. The van der Waals surface area contributed by atoms with E-state index in [0.717, 1.165) is 17.2 Å². The summed E-state index contributed by atoms with van der Waals surface area (Å²) in [5, 5.41) is 16.8. The minimum atomic E-state index is 0.161. The van der Waals surface area contributed by atoms with Crippen molar-refractivity contribution in [2.75, 3.05) is 0 Å². The van der Waals surface area contributed by atoms with Crippen LogP contribution in [0, 0.1) is 0 Å². The minimum Gasteiger partial charge on any atom is -0.289 e. The van der Waals surface area contributed by atoms with Crippen LogP contribution >= 0.6 is 0 Å². The molecule has 1 radical (unpaired) electrons. The van der Waals surface area contributed by atoms with Crippen molar-refractivity contribution < 1.29 is 5.11 Å². The van der Waals surface area contributed by atoms with Crippen molar-refractivity contribution in [3.63, 3.8) is 0 Å². The number of unbranched alkanes of at least 4 members (excludes halogenated alkanes) is 5. The first-order valence-electron chi connectivity index (χ1n) is 8.91. The van der Waals surface area contributed by atoms with Crippen LogP contribution < -0.4 is 0 Å². The quantitative estimate of drug-likeness (QED) is 0.329. The number of benzene rings is 3. The standard InChI is InChI=1S/C22H25O/c1-2-3-4-5-6-7-10-17-15-21-19-12-9-8-11-18(19)13-14-20(21)22(23)16-17/h8-9,11-16H,2-7,10H2,1H3. The average Bonchev–Trinajstić information content (AvgIpc) is 2.58. The van der Waals surface area contributed by atoms with Gasteiger partial charge in [0.2, 0.25) is 0 Å². The molecular weight excluding hydrogens is 280 g/mol. The van der Waals surface area contributed by atoms with Gasteiger partial charge in [-0.2, -0.15) is 0 Å². The second kappa shape index (κ2) is 7.50. The van der Waals surface area contributed by atoms with Gasteiger partial charge in [0.05, 0.1) is 0 Å². The minimum absolute atomic E-state index is 0.161. The van der Waals surface area contributed by atoms with E-state index in [9.17, 15) is 5.11 Å². The van der Waals surface area contributed by atoms with Crippen molar-refractivity contribution in [2.45, 2.75) is 51.9 Å². The summed E-state index contributed by atoms with van der Waals surface area (Å²) in [6.45, 7) is 2.25. The van der Waals surface area contributed by atoms with E-state index in [0.29, 0.717) is 0 Å². The van der Waals surface area contributed by atoms with Gasteiger partial charge >= 0.3 is 0 Å². The normalized spacial score (nSPS) is 11.3. The molecule has 0 N–H and O–H groups in total. The molecule has 3 rings (SSSR count). The first kappa shape index (κ1) is 15.9. The van der Waals surface area contributed by atoms with Gasteiger partial charge in [-0.25, -0.2) is 0 Å². The fraction of sp³-hybridized carbons (Fsp3) is 0.364. The SMILES string of the molecule is CCCCCCCCc1cc([O])c2ccc3ccccc3c2c1. The van der Waals surface area contributed by atoms with Crippen LogP contribution in [0.5, 0.6) is 5.75 Å². The van der Waals surface area contributed by atoms with Gasteiger partial charge in [0, 0.05) is 5.39 Å². The molecule has 1 nitrogen and oxygen atoms in total. The van der Waals surface area contributed by atoms with E-state index in [1.165, 1.54) is 54.9 Å². The molecule has 0 spiro atoms. The van der Waals surface area contributed by atoms with Crippen molar-refractivity contribution >= 4 is 21.5 Å². The Hall–Kier alpha value is -2.02. The highest BCUT2D eigenvalue weighted by Gasteiger charge is 2.08. The van der Waals surface area contributed by atoms with Crippen LogP contribution in [0.15, 0.2) is 48.5 Å². The van der Waals surface area contributed by atoms with Crippen LogP contribution in [0.4, 0.5) is 0 Å². The first-order chi connectivity index (χ1) is 11.3. The molecule has 0 aliphatic heterocycles. The first-order valence-corrected chi connectivity index (χ1v) is 8.91. The summed E-state index contributed by atoms with van der Waals surface area (Å²) >= 11 is 0. The molecule has 0 unspecified atom stereocenters. The van der Waals surface area contributed by atoms with Gasteiger partial charge in [-0.1, -0.05) is 75.4 Å². The summed E-state index contributed by atoms with van der Waals surface area (Å²) in [4.78, 5) is 0. The molecule has 0 aliphatic carbocycles. The number of aryl methyl sites for hydroxylation is 1. The highest BCUT2D eigenvalue weighted by Crippen LogP contribution is 2.33. The van der Waals surface area contributed by atoms with Gasteiger partial charge in [0.25, 0.3) is 0 Å². The van der Waals surface area contributed by atoms with E-state index in [2.05, 4.69) is 25.1 Å². The second-order valence-corrected chi connectivity index (χ2v) is 6.49. The molecule has 0 saturated heterocycles. The molecule has 119 valence electrons. The summed E-state index contributed by atoms with van der Waals surface area (Å²) in [5.74, 6) is 0.161. The molecule has 0 amide bonds. The smallest absolute Gasteiger partial charge is 0.186 e. The highest BCUT2D eigenvalue weighted by atomic mass is 16.3. The maximum atomic E-state index is 12.4. The Labute approximate surface area is 139 Å². The maximum absolute atomic E-state index is 12.4. The summed E-state index contributed by atoms with van der Waals surface area (Å²) in [5.41, 5.74) is 1.19. The molecule has 1 heteroatoms. The molecule has 23 heavy (non-hydrogen) atoms. The molecule has 0 bridgehead atoms. The fourth-order valence-corrected chi connectivity index (χ4v) is 3.39. The predicted octanol–water partition coefficient (Wildman–Crippen LogP) is 7.04. The van der Waals surface area contributed by atoms with E-state index < -0.39 is 0 Å². The molecule has 3 aromatic rings. The summed E-state index contributed by atoms with van der Waals surface area (Å²) < 4.78 is 0. The average molecular weight is 305 g/mol. The highest BCUT2D eigenvalue weighted by molar-refractivity contribution is 6.09. The Morgan fingerprint density at radius 3 is 2.39 bits per heavy atom. The lowest BCUT2D eigenvalue weighted by atomic mass is 9.97. The van der Waals surface area contributed by atoms with Crippen molar-refractivity contribution in [1.29, 1.82) is 0 Å². The summed E-state index contributed by atoms with van der Waals surface area (Å²) in [7, 11) is 0. The molecule has 0 saturated carbocycles. The zero-order valence-corrected chi connectivity index (χ0v) is 14.0. The molecule has 0 fully saturated rings. The summed E-state index contributed by atoms with van der Waals surface area (Å²) in [6.07, 6.45) is 8.74. The fourth-order valence-electron chi connectivity index (χ4n) is 3.39. The Kier molecular flexibility index (Phi) is 5.17. The molecular formula is C22H25O. The number of fused-ring (bicyclic) bond motifs is 3. The van der Waals surface area contributed by atoms with Crippen molar-refractivity contribution in [3.8, 4) is 5.75 Å². The van der Waals surface area contributed by atoms with Gasteiger partial charge in [-0.05, 0) is 46.7 Å². The Morgan fingerprint density at radius 1 is 0.739 bits per heavy atom. The van der Waals surface area contributed by atoms with E-state index >= 15 is 0 Å². The Bertz CT molecular complexity index is 788. The third kappa shape index (κ3) is 3.67. The lowest BCUT2D eigenvalue weighted by molar-refractivity contribution is 0.360. The van der Waals surface area contributed by atoms with Crippen LogP contribution in [0.1, 0.15) is 51.0 Å². The van der Waals surface area contributed by atoms with Gasteiger partial charge in [-0.15, -0.1) is 0 Å². The third-order valence-corrected chi connectivity index (χ3v) is 4.70. The van der Waals surface area contributed by atoms with Crippen LogP contribution in [-0.2, 0) is 11.5 Å². The predicted molar refractivity (Wildman–Crippen MR) is 98.7 cm³/mol. The lowest BCUT2D eigenvalue weighted by Gasteiger charge is -2.08. The van der Waals surface area contributed by atoms with Crippen LogP contribution in [0.25, 0.3) is 21.5 Å². The van der Waals surface area contributed by atoms with Crippen molar-refractivity contribution in [2.24, 2.45) is 0 Å². The van der Waals surface area contributed by atoms with E-state index in [4.69, 9.17) is 0 Å². The van der Waals surface area contributed by atoms with Gasteiger partial charge in [0.15, 0.2) is 5.75 Å². The largest absolute Gasteiger partial charge is 0.289 e. The molecule has 0 aromatic heterocycles. The van der Waals surface area contributed by atoms with Gasteiger partial charge in [-0.3, -0.25) is 5.11 Å². The maximum Gasteiger partial charge on any atom is 0.186 e. The second-order valence-electron chi connectivity index (χ2n) is 6.49. The van der Waals surface area contributed by atoms with Crippen LogP contribution in [-0.4, -0.2) is 0 Å². The van der Waals surface area contributed by atoms with E-state index in [-0.39, 0.29) is 5.75 Å². The van der Waals surface area contributed by atoms with Crippen molar-refractivity contribution in [3.05, 3.63) is 54.1 Å². The van der Waals surface area contributed by atoms with Crippen molar-refractivity contribution in [1.82, 2.24) is 0 Å². The molecule has 0 atom stereocenters. The Morgan fingerprint density at radius 2 is 1.52 bits per heavy atom. The Balaban J connectivity index is 1.80. The third-order valence-electron chi connectivity index (χ3n) is 4.70. The van der Waals surface area contributed by atoms with Crippen LogP contribution in [0.3, 0.4) is 0 Å². The molecule has 0 aliphatic rings. The number of rotatable bonds is 7. The van der Waals surface area contributed by atoms with Crippen LogP contribution in [0.2, 0.25) is 0 Å². The topological polar surface area (TPSA) is 19.9 Å².